The monoisotopic (exact) mass is 303 g/mol. The molecule has 0 spiro atoms. The van der Waals surface area contributed by atoms with E-state index in [9.17, 15) is 14.9 Å². The average Bonchev–Trinajstić information content (AvgIpc) is 2.52. The van der Waals surface area contributed by atoms with E-state index in [2.05, 4.69) is 0 Å². The van der Waals surface area contributed by atoms with Crippen LogP contribution in [-0.4, -0.2) is 29.9 Å². The van der Waals surface area contributed by atoms with Gasteiger partial charge in [-0.15, -0.1) is 0 Å². The molecule has 0 bridgehead atoms. The zero-order valence-corrected chi connectivity index (χ0v) is 11.7. The third-order valence-corrected chi connectivity index (χ3v) is 2.95. The molecule has 0 aliphatic rings. The Morgan fingerprint density at radius 1 is 1.23 bits per heavy atom. The van der Waals surface area contributed by atoms with Crippen molar-refractivity contribution in [2.45, 2.75) is 0 Å². The predicted molar refractivity (Wildman–Crippen MR) is 78.0 cm³/mol. The minimum absolute atomic E-state index is 0.0229. The molecule has 0 fully saturated rings. The van der Waals surface area contributed by atoms with Gasteiger partial charge in [-0.2, -0.15) is 0 Å². The molecule has 7 heteroatoms. The van der Waals surface area contributed by atoms with E-state index in [1.54, 1.807) is 18.2 Å². The number of nitro benzene ring substituents is 1. The number of non-ortho nitro benzene ring substituents is 1. The first-order chi connectivity index (χ1) is 10.5. The molecule has 22 heavy (non-hydrogen) atoms. The van der Waals surface area contributed by atoms with Gasteiger partial charge in [-0.1, -0.05) is 0 Å². The summed E-state index contributed by atoms with van der Waals surface area (Å²) in [5.74, 6) is -0.742. The molecule has 0 saturated carbocycles. The summed E-state index contributed by atoms with van der Waals surface area (Å²) in [6.07, 6.45) is 0. The van der Waals surface area contributed by atoms with Crippen molar-refractivity contribution in [1.82, 2.24) is 0 Å². The number of methoxy groups -OCH3 is 1. The van der Waals surface area contributed by atoms with Crippen molar-refractivity contribution < 1.29 is 24.3 Å². The zero-order chi connectivity index (χ0) is 16.1. The highest BCUT2D eigenvalue weighted by Gasteiger charge is 2.13. The van der Waals surface area contributed by atoms with Gasteiger partial charge in [-0.05, 0) is 35.9 Å². The predicted octanol–water partition coefficient (Wildman–Crippen LogP) is 2.94. The van der Waals surface area contributed by atoms with Gasteiger partial charge in [0.15, 0.2) is 6.79 Å². The second-order valence-corrected chi connectivity index (χ2v) is 4.37. The second-order valence-electron chi connectivity index (χ2n) is 4.37. The van der Waals surface area contributed by atoms with Gasteiger partial charge in [0.1, 0.15) is 5.75 Å². The number of nitro groups is 1. The molecule has 0 saturated heterocycles. The summed E-state index contributed by atoms with van der Waals surface area (Å²) >= 11 is 0. The van der Waals surface area contributed by atoms with Gasteiger partial charge >= 0.3 is 5.97 Å². The largest absolute Gasteiger partial charge is 0.478 e. The molecule has 0 heterocycles. The molecule has 1 N–H and O–H groups in total. The zero-order valence-electron chi connectivity index (χ0n) is 11.7. The number of carbonyl (C=O) groups is 1. The summed E-state index contributed by atoms with van der Waals surface area (Å²) in [5.41, 5.74) is 1.35. The molecule has 0 atom stereocenters. The standard InChI is InChI=1S/C15H13NO6/c1-21-9-22-14-8-11(15(17)18)4-7-13(14)10-2-5-12(6-3-10)16(19)20/h2-8H,9H2,1H3,(H,17,18). The van der Waals surface area contributed by atoms with Crippen LogP contribution >= 0.6 is 0 Å². The Morgan fingerprint density at radius 2 is 1.91 bits per heavy atom. The lowest BCUT2D eigenvalue weighted by atomic mass is 10.0. The SMILES string of the molecule is COCOc1cc(C(=O)O)ccc1-c1ccc([N+](=O)[O-])cc1. The molecule has 0 unspecified atom stereocenters. The summed E-state index contributed by atoms with van der Waals surface area (Å²) < 4.78 is 10.2. The van der Waals surface area contributed by atoms with Gasteiger partial charge in [-0.3, -0.25) is 10.1 Å². The number of rotatable bonds is 6. The Kier molecular flexibility index (Phi) is 4.70. The van der Waals surface area contributed by atoms with Gasteiger partial charge in [0.25, 0.3) is 5.69 Å². The highest BCUT2D eigenvalue weighted by molar-refractivity contribution is 5.89. The Morgan fingerprint density at radius 3 is 2.45 bits per heavy atom. The number of carboxylic acids is 1. The van der Waals surface area contributed by atoms with Gasteiger partial charge < -0.3 is 14.6 Å². The van der Waals surface area contributed by atoms with Crippen LogP contribution in [-0.2, 0) is 4.74 Å². The third kappa shape index (κ3) is 3.39. The molecule has 2 rings (SSSR count). The Labute approximate surface area is 125 Å². The number of ether oxygens (including phenoxy) is 2. The van der Waals surface area contributed by atoms with Crippen LogP contribution in [0.15, 0.2) is 42.5 Å². The quantitative estimate of drug-likeness (QED) is 0.500. The van der Waals surface area contributed by atoms with Crippen molar-refractivity contribution in [3.05, 3.63) is 58.1 Å². The molecule has 0 aliphatic heterocycles. The van der Waals surface area contributed by atoms with Crippen molar-refractivity contribution in [1.29, 1.82) is 0 Å². The molecule has 2 aromatic rings. The fourth-order valence-electron chi connectivity index (χ4n) is 1.90. The van der Waals surface area contributed by atoms with Crippen molar-refractivity contribution >= 4 is 11.7 Å². The fraction of sp³-hybridized carbons (Fsp3) is 0.133. The van der Waals surface area contributed by atoms with Gasteiger partial charge in [0.05, 0.1) is 10.5 Å². The number of carboxylic acid groups (broad SMARTS) is 1. The molecular formula is C15H13NO6. The van der Waals surface area contributed by atoms with Crippen LogP contribution in [0.5, 0.6) is 5.75 Å². The number of aromatic carboxylic acids is 1. The molecule has 0 aliphatic carbocycles. The second kappa shape index (κ2) is 6.68. The van der Waals surface area contributed by atoms with Crippen LogP contribution in [0, 0.1) is 10.1 Å². The van der Waals surface area contributed by atoms with Gasteiger partial charge in [0, 0.05) is 24.8 Å². The van der Waals surface area contributed by atoms with Crippen LogP contribution in [0.4, 0.5) is 5.69 Å². The van der Waals surface area contributed by atoms with E-state index in [4.69, 9.17) is 14.6 Å². The van der Waals surface area contributed by atoms with Crippen molar-refractivity contribution in [2.24, 2.45) is 0 Å². The van der Waals surface area contributed by atoms with Crippen molar-refractivity contribution in [3.8, 4) is 16.9 Å². The summed E-state index contributed by atoms with van der Waals surface area (Å²) in [4.78, 5) is 21.2. The van der Waals surface area contributed by atoms with Crippen molar-refractivity contribution in [3.63, 3.8) is 0 Å². The first-order valence-electron chi connectivity index (χ1n) is 6.27. The molecule has 114 valence electrons. The maximum absolute atomic E-state index is 11.0. The van der Waals surface area contributed by atoms with Crippen LogP contribution in [0.1, 0.15) is 10.4 Å². The number of hydrogen-bond acceptors (Lipinski definition) is 5. The summed E-state index contributed by atoms with van der Waals surface area (Å²) in [5, 5.41) is 19.7. The van der Waals surface area contributed by atoms with Gasteiger partial charge in [-0.25, -0.2) is 4.79 Å². The first-order valence-corrected chi connectivity index (χ1v) is 6.27. The highest BCUT2D eigenvalue weighted by atomic mass is 16.7. The van der Waals surface area contributed by atoms with Crippen molar-refractivity contribution in [2.75, 3.05) is 13.9 Å². The third-order valence-electron chi connectivity index (χ3n) is 2.95. The number of benzene rings is 2. The van der Waals surface area contributed by atoms with E-state index in [-0.39, 0.29) is 18.0 Å². The van der Waals surface area contributed by atoms with Crippen LogP contribution in [0.2, 0.25) is 0 Å². The summed E-state index contributed by atoms with van der Waals surface area (Å²) in [6, 6.07) is 10.3. The molecule has 2 aromatic carbocycles. The minimum Gasteiger partial charge on any atom is -0.478 e. The lowest BCUT2D eigenvalue weighted by Gasteiger charge is -2.12. The Hall–Kier alpha value is -2.93. The number of hydrogen-bond donors (Lipinski definition) is 1. The maximum Gasteiger partial charge on any atom is 0.335 e. The smallest absolute Gasteiger partial charge is 0.335 e. The Balaban J connectivity index is 2.43. The van der Waals surface area contributed by atoms with Crippen LogP contribution < -0.4 is 4.74 Å². The minimum atomic E-state index is -1.07. The lowest BCUT2D eigenvalue weighted by Crippen LogP contribution is -2.03. The van der Waals surface area contributed by atoms with E-state index in [1.165, 1.54) is 31.4 Å². The maximum atomic E-state index is 11.0. The van der Waals surface area contributed by atoms with E-state index in [0.717, 1.165) is 0 Å². The van der Waals surface area contributed by atoms with E-state index in [0.29, 0.717) is 16.9 Å². The molecule has 0 amide bonds. The highest BCUT2D eigenvalue weighted by Crippen LogP contribution is 2.32. The fourth-order valence-corrected chi connectivity index (χ4v) is 1.90. The Bertz CT molecular complexity index is 696. The van der Waals surface area contributed by atoms with E-state index in [1.807, 2.05) is 0 Å². The number of nitrogens with zero attached hydrogens (tertiary/aromatic N) is 1. The summed E-state index contributed by atoms with van der Waals surface area (Å²) in [7, 11) is 1.45. The van der Waals surface area contributed by atoms with Gasteiger partial charge in [0.2, 0.25) is 0 Å². The van der Waals surface area contributed by atoms with Crippen LogP contribution in [0.3, 0.4) is 0 Å². The lowest BCUT2D eigenvalue weighted by molar-refractivity contribution is -0.384. The summed E-state index contributed by atoms with van der Waals surface area (Å²) in [6.45, 7) is -0.0386. The molecule has 0 aromatic heterocycles. The van der Waals surface area contributed by atoms with E-state index < -0.39 is 10.9 Å². The molecular weight excluding hydrogens is 290 g/mol. The topological polar surface area (TPSA) is 98.9 Å². The molecule has 7 nitrogen and oxygen atoms in total. The normalized spacial score (nSPS) is 10.2. The van der Waals surface area contributed by atoms with E-state index >= 15 is 0 Å². The van der Waals surface area contributed by atoms with Crippen LogP contribution in [0.25, 0.3) is 11.1 Å². The average molecular weight is 303 g/mol. The first kappa shape index (κ1) is 15.5. The molecule has 0 radical (unpaired) electrons.